The zero-order valence-corrected chi connectivity index (χ0v) is 16.5. The fraction of sp³-hybridized carbons (Fsp3) is 0.263. The summed E-state index contributed by atoms with van der Waals surface area (Å²) in [6, 6.07) is 8.09. The van der Waals surface area contributed by atoms with Crippen molar-refractivity contribution in [1.82, 2.24) is 0 Å². The highest BCUT2D eigenvalue weighted by atomic mass is 79.9. The number of anilines is 2. The Hall–Kier alpha value is -2.74. The van der Waals surface area contributed by atoms with Crippen LogP contribution < -0.4 is 19.7 Å². The molecule has 1 saturated heterocycles. The lowest BCUT2D eigenvalue weighted by atomic mass is 10.1. The molecule has 0 bridgehead atoms. The van der Waals surface area contributed by atoms with Gasteiger partial charge in [0.2, 0.25) is 5.91 Å². The van der Waals surface area contributed by atoms with Crippen LogP contribution in [-0.2, 0) is 4.79 Å². The van der Waals surface area contributed by atoms with Crippen LogP contribution in [0, 0.1) is 0 Å². The highest BCUT2D eigenvalue weighted by Gasteiger charge is 2.24. The monoisotopic (exact) mass is 434 g/mol. The van der Waals surface area contributed by atoms with E-state index in [0.717, 1.165) is 6.42 Å². The summed E-state index contributed by atoms with van der Waals surface area (Å²) in [5.74, 6) is 0.310. The van der Waals surface area contributed by atoms with Crippen LogP contribution >= 0.6 is 15.9 Å². The molecule has 2 N–H and O–H groups in total. The summed E-state index contributed by atoms with van der Waals surface area (Å²) < 4.78 is 10.8. The summed E-state index contributed by atoms with van der Waals surface area (Å²) in [7, 11) is 2.93. The first-order valence-corrected chi connectivity index (χ1v) is 9.10. The largest absolute Gasteiger partial charge is 0.503 e. The van der Waals surface area contributed by atoms with E-state index in [0.29, 0.717) is 40.1 Å². The number of ether oxygens (including phenoxy) is 2. The molecule has 3 rings (SSSR count). The molecule has 7 nitrogen and oxygen atoms in total. The average Bonchev–Trinajstić information content (AvgIpc) is 3.09. The highest BCUT2D eigenvalue weighted by molar-refractivity contribution is 9.10. The minimum Gasteiger partial charge on any atom is -0.503 e. The van der Waals surface area contributed by atoms with Crippen molar-refractivity contribution < 1.29 is 24.2 Å². The van der Waals surface area contributed by atoms with E-state index in [9.17, 15) is 14.7 Å². The Balaban J connectivity index is 1.84. The lowest BCUT2D eigenvalue weighted by Gasteiger charge is -2.19. The second-order valence-corrected chi connectivity index (χ2v) is 6.85. The van der Waals surface area contributed by atoms with Crippen molar-refractivity contribution in [2.75, 3.05) is 31.0 Å². The van der Waals surface area contributed by atoms with Crippen LogP contribution in [0.2, 0.25) is 0 Å². The molecule has 0 aliphatic carbocycles. The number of phenolic OH excluding ortho intramolecular Hbond substituents is 1. The van der Waals surface area contributed by atoms with E-state index in [4.69, 9.17) is 9.47 Å². The third-order valence-electron chi connectivity index (χ3n) is 4.31. The number of hydrogen-bond acceptors (Lipinski definition) is 5. The van der Waals surface area contributed by atoms with Gasteiger partial charge in [-0.2, -0.15) is 0 Å². The van der Waals surface area contributed by atoms with Crippen LogP contribution in [0.4, 0.5) is 11.4 Å². The van der Waals surface area contributed by atoms with Crippen LogP contribution in [0.5, 0.6) is 17.2 Å². The molecule has 0 unspecified atom stereocenters. The van der Waals surface area contributed by atoms with Gasteiger partial charge in [-0.1, -0.05) is 0 Å². The fourth-order valence-corrected chi connectivity index (χ4v) is 3.39. The molecule has 1 fully saturated rings. The van der Waals surface area contributed by atoms with Gasteiger partial charge in [-0.05, 0) is 46.6 Å². The molecule has 0 aromatic heterocycles. The second kappa shape index (κ2) is 7.87. The van der Waals surface area contributed by atoms with Gasteiger partial charge in [0.25, 0.3) is 5.91 Å². The fourth-order valence-electron chi connectivity index (χ4n) is 2.95. The van der Waals surface area contributed by atoms with E-state index in [-0.39, 0.29) is 23.3 Å². The summed E-state index contributed by atoms with van der Waals surface area (Å²) in [6.07, 6.45) is 1.34. The number of amides is 2. The standard InChI is InChI=1S/C19H19BrN2O5/c1-26-15-10-12(5-6-14(15)22-7-3-4-17(22)23)21-19(25)11-8-13(20)18(24)16(9-11)27-2/h5-6,8-10,24H,3-4,7H2,1-2H3,(H,21,25). The molecule has 0 spiro atoms. The van der Waals surface area contributed by atoms with Gasteiger partial charge in [0.15, 0.2) is 11.5 Å². The van der Waals surface area contributed by atoms with Crippen LogP contribution in [0.1, 0.15) is 23.2 Å². The molecular formula is C19H19BrN2O5. The van der Waals surface area contributed by atoms with E-state index in [2.05, 4.69) is 21.2 Å². The first kappa shape index (κ1) is 19.0. The quantitative estimate of drug-likeness (QED) is 0.750. The van der Waals surface area contributed by atoms with E-state index in [1.165, 1.54) is 26.4 Å². The van der Waals surface area contributed by atoms with Crippen molar-refractivity contribution in [3.05, 3.63) is 40.4 Å². The molecule has 2 amide bonds. The maximum Gasteiger partial charge on any atom is 0.255 e. The third kappa shape index (κ3) is 3.85. The smallest absolute Gasteiger partial charge is 0.255 e. The maximum atomic E-state index is 12.6. The third-order valence-corrected chi connectivity index (χ3v) is 4.92. The summed E-state index contributed by atoms with van der Waals surface area (Å²) in [4.78, 5) is 26.2. The average molecular weight is 435 g/mol. The van der Waals surface area contributed by atoms with Gasteiger partial charge in [0.05, 0.1) is 24.4 Å². The number of methoxy groups -OCH3 is 2. The van der Waals surface area contributed by atoms with Crippen molar-refractivity contribution in [2.45, 2.75) is 12.8 Å². The molecule has 1 aliphatic heterocycles. The molecule has 2 aromatic carbocycles. The zero-order valence-electron chi connectivity index (χ0n) is 14.9. The Bertz CT molecular complexity index is 900. The highest BCUT2D eigenvalue weighted by Crippen LogP contribution is 2.36. The molecular weight excluding hydrogens is 416 g/mol. The van der Waals surface area contributed by atoms with Gasteiger partial charge < -0.3 is 24.8 Å². The number of phenols is 1. The Kier molecular flexibility index (Phi) is 5.55. The number of carbonyl (C=O) groups is 2. The molecule has 8 heteroatoms. The van der Waals surface area contributed by atoms with Crippen LogP contribution in [-0.4, -0.2) is 37.7 Å². The minimum atomic E-state index is -0.374. The van der Waals surface area contributed by atoms with Gasteiger partial charge in [0, 0.05) is 30.3 Å². The lowest BCUT2D eigenvalue weighted by molar-refractivity contribution is -0.117. The summed E-state index contributed by atoms with van der Waals surface area (Å²) >= 11 is 3.20. The van der Waals surface area contributed by atoms with Gasteiger partial charge in [-0.15, -0.1) is 0 Å². The molecule has 2 aromatic rings. The number of benzene rings is 2. The Morgan fingerprint density at radius 1 is 1.19 bits per heavy atom. The Morgan fingerprint density at radius 2 is 1.93 bits per heavy atom. The molecule has 0 saturated carbocycles. The Labute approximate surface area is 165 Å². The van der Waals surface area contributed by atoms with E-state index in [1.807, 2.05) is 0 Å². The van der Waals surface area contributed by atoms with E-state index < -0.39 is 0 Å². The molecule has 27 heavy (non-hydrogen) atoms. The van der Waals surface area contributed by atoms with Crippen molar-refractivity contribution in [1.29, 1.82) is 0 Å². The Morgan fingerprint density at radius 3 is 2.56 bits per heavy atom. The zero-order chi connectivity index (χ0) is 19.6. The summed E-state index contributed by atoms with van der Waals surface area (Å²) in [6.45, 7) is 0.655. The van der Waals surface area contributed by atoms with Crippen LogP contribution in [0.15, 0.2) is 34.8 Å². The topological polar surface area (TPSA) is 88.1 Å². The molecule has 142 valence electrons. The van der Waals surface area contributed by atoms with E-state index in [1.54, 1.807) is 23.1 Å². The number of hydrogen-bond donors (Lipinski definition) is 2. The molecule has 0 radical (unpaired) electrons. The van der Waals surface area contributed by atoms with Gasteiger partial charge in [0.1, 0.15) is 5.75 Å². The van der Waals surface area contributed by atoms with Crippen LogP contribution in [0.25, 0.3) is 0 Å². The van der Waals surface area contributed by atoms with Gasteiger partial charge in [-0.3, -0.25) is 9.59 Å². The van der Waals surface area contributed by atoms with Gasteiger partial charge >= 0.3 is 0 Å². The summed E-state index contributed by atoms with van der Waals surface area (Å²) in [5, 5.41) is 12.6. The summed E-state index contributed by atoms with van der Waals surface area (Å²) in [5.41, 5.74) is 1.52. The number of nitrogens with zero attached hydrogens (tertiary/aromatic N) is 1. The SMILES string of the molecule is COc1cc(NC(=O)c2cc(Br)c(O)c(OC)c2)ccc1N1CCCC1=O. The van der Waals surface area contributed by atoms with Crippen molar-refractivity contribution in [3.63, 3.8) is 0 Å². The lowest BCUT2D eigenvalue weighted by Crippen LogP contribution is -2.24. The predicted octanol–water partition coefficient (Wildman–Crippen LogP) is 3.55. The van der Waals surface area contributed by atoms with E-state index >= 15 is 0 Å². The second-order valence-electron chi connectivity index (χ2n) is 6.00. The number of rotatable bonds is 5. The number of aromatic hydroxyl groups is 1. The first-order chi connectivity index (χ1) is 12.9. The normalized spacial score (nSPS) is 13.6. The molecule has 1 heterocycles. The van der Waals surface area contributed by atoms with Gasteiger partial charge in [-0.25, -0.2) is 0 Å². The minimum absolute atomic E-state index is 0.0612. The van der Waals surface area contributed by atoms with Crippen molar-refractivity contribution in [2.24, 2.45) is 0 Å². The number of nitrogens with one attached hydrogen (secondary N) is 1. The van der Waals surface area contributed by atoms with Crippen molar-refractivity contribution >= 4 is 39.1 Å². The molecule has 1 aliphatic rings. The first-order valence-electron chi connectivity index (χ1n) is 8.31. The number of halogens is 1. The predicted molar refractivity (Wildman–Crippen MR) is 105 cm³/mol. The molecule has 0 atom stereocenters. The van der Waals surface area contributed by atoms with Crippen molar-refractivity contribution in [3.8, 4) is 17.2 Å². The number of carbonyl (C=O) groups excluding carboxylic acids is 2. The van der Waals surface area contributed by atoms with Crippen LogP contribution in [0.3, 0.4) is 0 Å². The maximum absolute atomic E-state index is 12.6.